The highest BCUT2D eigenvalue weighted by Gasteiger charge is 2.32. The Morgan fingerprint density at radius 3 is 2.70 bits per heavy atom. The highest BCUT2D eigenvalue weighted by Crippen LogP contribution is 2.31. The zero-order valence-corrected chi connectivity index (χ0v) is 12.2. The lowest BCUT2D eigenvalue weighted by molar-refractivity contribution is 0.0696. The van der Waals surface area contributed by atoms with Gasteiger partial charge in [-0.25, -0.2) is 4.79 Å². The summed E-state index contributed by atoms with van der Waals surface area (Å²) in [4.78, 5) is 13.2. The Morgan fingerprint density at radius 2 is 2.20 bits per heavy atom. The number of benzene rings is 1. The number of aliphatic hydroxyl groups excluding tert-OH is 1. The zero-order chi connectivity index (χ0) is 14.9. The number of rotatable bonds is 4. The van der Waals surface area contributed by atoms with Gasteiger partial charge in [-0.1, -0.05) is 11.6 Å². The SMILES string of the molecule is CCN(c1cc(Cl)cc(C(=O)O)c1C)C1COCC1O. The quantitative estimate of drug-likeness (QED) is 0.889. The maximum absolute atomic E-state index is 11.3. The summed E-state index contributed by atoms with van der Waals surface area (Å²) in [6.07, 6.45) is -0.582. The number of halogens is 1. The summed E-state index contributed by atoms with van der Waals surface area (Å²) in [5, 5.41) is 19.6. The van der Waals surface area contributed by atoms with Crippen molar-refractivity contribution in [2.24, 2.45) is 0 Å². The first-order valence-electron chi connectivity index (χ1n) is 6.51. The number of carboxylic acids is 1. The summed E-state index contributed by atoms with van der Waals surface area (Å²) >= 11 is 6.03. The predicted molar refractivity (Wildman–Crippen MR) is 76.8 cm³/mol. The second-order valence-corrected chi connectivity index (χ2v) is 5.30. The van der Waals surface area contributed by atoms with Gasteiger partial charge in [0.15, 0.2) is 0 Å². The normalized spacial score (nSPS) is 22.0. The van der Waals surface area contributed by atoms with E-state index in [1.54, 1.807) is 13.0 Å². The summed E-state index contributed by atoms with van der Waals surface area (Å²) in [6, 6.07) is 2.99. The van der Waals surface area contributed by atoms with E-state index < -0.39 is 12.1 Å². The van der Waals surface area contributed by atoms with Gasteiger partial charge in [-0.2, -0.15) is 0 Å². The summed E-state index contributed by atoms with van der Waals surface area (Å²) < 4.78 is 5.28. The number of carboxylic acid groups (broad SMARTS) is 1. The smallest absolute Gasteiger partial charge is 0.336 e. The van der Waals surface area contributed by atoms with Gasteiger partial charge in [0, 0.05) is 17.3 Å². The summed E-state index contributed by atoms with van der Waals surface area (Å²) in [6.45, 7) is 5.05. The molecular formula is C14H18ClNO4. The number of aromatic carboxylic acids is 1. The fraction of sp³-hybridized carbons (Fsp3) is 0.500. The number of likely N-dealkylation sites (N-methyl/N-ethyl adjacent to an activating group) is 1. The molecule has 0 radical (unpaired) electrons. The monoisotopic (exact) mass is 299 g/mol. The van der Waals surface area contributed by atoms with E-state index in [2.05, 4.69) is 0 Å². The zero-order valence-electron chi connectivity index (χ0n) is 11.5. The maximum Gasteiger partial charge on any atom is 0.336 e. The average Bonchev–Trinajstić information content (AvgIpc) is 2.80. The van der Waals surface area contributed by atoms with Crippen molar-refractivity contribution in [2.45, 2.75) is 26.0 Å². The Kier molecular flexibility index (Phi) is 4.52. The van der Waals surface area contributed by atoms with Gasteiger partial charge in [0.25, 0.3) is 0 Å². The average molecular weight is 300 g/mol. The molecule has 1 aliphatic rings. The Bertz CT molecular complexity index is 520. The molecule has 1 aromatic carbocycles. The number of ether oxygens (including phenoxy) is 1. The van der Waals surface area contributed by atoms with E-state index in [4.69, 9.17) is 16.3 Å². The first kappa shape index (κ1) is 15.1. The van der Waals surface area contributed by atoms with E-state index >= 15 is 0 Å². The van der Waals surface area contributed by atoms with E-state index in [1.807, 2.05) is 11.8 Å². The fourth-order valence-corrected chi connectivity index (χ4v) is 2.81. The minimum Gasteiger partial charge on any atom is -0.478 e. The van der Waals surface area contributed by atoms with E-state index in [-0.39, 0.29) is 11.6 Å². The molecule has 20 heavy (non-hydrogen) atoms. The number of nitrogens with zero attached hydrogens (tertiary/aromatic N) is 1. The minimum atomic E-state index is -1.01. The van der Waals surface area contributed by atoms with Crippen LogP contribution in [0.15, 0.2) is 12.1 Å². The lowest BCUT2D eigenvalue weighted by Crippen LogP contribution is -2.43. The lowest BCUT2D eigenvalue weighted by Gasteiger charge is -2.32. The summed E-state index contributed by atoms with van der Waals surface area (Å²) in [5.41, 5.74) is 1.55. The molecule has 0 amide bonds. The highest BCUT2D eigenvalue weighted by atomic mass is 35.5. The van der Waals surface area contributed by atoms with Crippen LogP contribution in [0.4, 0.5) is 5.69 Å². The van der Waals surface area contributed by atoms with E-state index in [1.165, 1.54) is 6.07 Å². The summed E-state index contributed by atoms with van der Waals surface area (Å²) in [7, 11) is 0. The molecule has 2 atom stereocenters. The van der Waals surface area contributed by atoms with Crippen LogP contribution in [0.2, 0.25) is 5.02 Å². The molecule has 0 spiro atoms. The molecule has 2 rings (SSSR count). The second kappa shape index (κ2) is 5.99. The van der Waals surface area contributed by atoms with Gasteiger partial charge in [0.1, 0.15) is 0 Å². The standard InChI is InChI=1S/C14H18ClNO4/c1-3-16(12-6-20-7-13(12)17)11-5-9(15)4-10(8(11)2)14(18)19/h4-5,12-13,17H,3,6-7H2,1-2H3,(H,18,19). The number of aliphatic hydroxyl groups is 1. The third-order valence-electron chi connectivity index (χ3n) is 3.65. The van der Waals surface area contributed by atoms with Crippen molar-refractivity contribution in [3.8, 4) is 0 Å². The van der Waals surface area contributed by atoms with Crippen LogP contribution in [-0.2, 0) is 4.74 Å². The Morgan fingerprint density at radius 1 is 1.50 bits per heavy atom. The third kappa shape index (κ3) is 2.75. The van der Waals surface area contributed by atoms with Gasteiger partial charge in [-0.15, -0.1) is 0 Å². The Labute approximate surface area is 122 Å². The largest absolute Gasteiger partial charge is 0.478 e. The van der Waals surface area contributed by atoms with Crippen molar-refractivity contribution in [1.82, 2.24) is 0 Å². The predicted octanol–water partition coefficient (Wildman–Crippen LogP) is 1.93. The van der Waals surface area contributed by atoms with E-state index in [9.17, 15) is 15.0 Å². The molecule has 1 heterocycles. The highest BCUT2D eigenvalue weighted by molar-refractivity contribution is 6.31. The van der Waals surface area contributed by atoms with Gasteiger partial charge in [-0.05, 0) is 31.5 Å². The van der Waals surface area contributed by atoms with Gasteiger partial charge in [0.2, 0.25) is 0 Å². The fourth-order valence-electron chi connectivity index (χ4n) is 2.60. The number of anilines is 1. The molecule has 110 valence electrons. The van der Waals surface area contributed by atoms with E-state index in [0.29, 0.717) is 30.3 Å². The van der Waals surface area contributed by atoms with Crippen LogP contribution in [0.3, 0.4) is 0 Å². The number of hydrogen-bond donors (Lipinski definition) is 2. The number of hydrogen-bond acceptors (Lipinski definition) is 4. The van der Waals surface area contributed by atoms with Crippen LogP contribution in [0.1, 0.15) is 22.8 Å². The molecule has 6 heteroatoms. The van der Waals surface area contributed by atoms with Crippen LogP contribution < -0.4 is 4.90 Å². The van der Waals surface area contributed by atoms with Crippen LogP contribution in [0, 0.1) is 6.92 Å². The topological polar surface area (TPSA) is 70.0 Å². The van der Waals surface area contributed by atoms with Gasteiger partial charge >= 0.3 is 5.97 Å². The van der Waals surface area contributed by atoms with Crippen molar-refractivity contribution in [3.63, 3.8) is 0 Å². The molecule has 1 aromatic rings. The first-order valence-corrected chi connectivity index (χ1v) is 6.89. The van der Waals surface area contributed by atoms with Crippen molar-refractivity contribution in [2.75, 3.05) is 24.7 Å². The molecule has 0 bridgehead atoms. The molecule has 1 saturated heterocycles. The molecule has 1 aliphatic heterocycles. The Balaban J connectivity index is 2.46. The maximum atomic E-state index is 11.3. The van der Waals surface area contributed by atoms with Crippen molar-refractivity contribution < 1.29 is 19.7 Å². The molecular weight excluding hydrogens is 282 g/mol. The van der Waals surface area contributed by atoms with Gasteiger partial charge in [0.05, 0.1) is 30.9 Å². The Hall–Kier alpha value is -1.30. The second-order valence-electron chi connectivity index (χ2n) is 4.86. The van der Waals surface area contributed by atoms with Crippen molar-refractivity contribution in [3.05, 3.63) is 28.3 Å². The third-order valence-corrected chi connectivity index (χ3v) is 3.87. The number of carbonyl (C=O) groups is 1. The van der Waals surface area contributed by atoms with E-state index in [0.717, 1.165) is 5.69 Å². The van der Waals surface area contributed by atoms with Crippen LogP contribution in [-0.4, -0.2) is 48.1 Å². The minimum absolute atomic E-state index is 0.180. The molecule has 0 aromatic heterocycles. The molecule has 1 fully saturated rings. The first-order chi connectivity index (χ1) is 9.45. The molecule has 2 N–H and O–H groups in total. The van der Waals surface area contributed by atoms with Gasteiger partial charge < -0.3 is 19.8 Å². The summed E-state index contributed by atoms with van der Waals surface area (Å²) in [5.74, 6) is -1.01. The van der Waals surface area contributed by atoms with Crippen LogP contribution in [0.25, 0.3) is 0 Å². The van der Waals surface area contributed by atoms with Gasteiger partial charge in [-0.3, -0.25) is 0 Å². The molecule has 2 unspecified atom stereocenters. The molecule has 5 nitrogen and oxygen atoms in total. The lowest BCUT2D eigenvalue weighted by atomic mass is 10.0. The van der Waals surface area contributed by atoms with Crippen LogP contribution in [0.5, 0.6) is 0 Å². The van der Waals surface area contributed by atoms with Crippen molar-refractivity contribution >= 4 is 23.3 Å². The van der Waals surface area contributed by atoms with Crippen molar-refractivity contribution in [1.29, 1.82) is 0 Å². The molecule has 0 saturated carbocycles. The molecule has 0 aliphatic carbocycles. The van der Waals surface area contributed by atoms with Crippen LogP contribution >= 0.6 is 11.6 Å².